The highest BCUT2D eigenvalue weighted by Gasteiger charge is 2.18. The molecule has 1 heterocycles. The first-order valence-corrected chi connectivity index (χ1v) is 7.34. The van der Waals surface area contributed by atoms with Crippen LogP contribution in [0.2, 0.25) is 0 Å². The summed E-state index contributed by atoms with van der Waals surface area (Å²) < 4.78 is 5.47. The highest BCUT2D eigenvalue weighted by molar-refractivity contribution is 5.29. The van der Waals surface area contributed by atoms with E-state index in [0.29, 0.717) is 13.2 Å². The van der Waals surface area contributed by atoms with Gasteiger partial charge < -0.3 is 9.84 Å². The number of aliphatic hydroxyl groups excluding tert-OH is 1. The van der Waals surface area contributed by atoms with Gasteiger partial charge in [-0.1, -0.05) is 37.6 Å². The molecule has 1 atom stereocenters. The molecule has 3 nitrogen and oxygen atoms in total. The largest absolute Gasteiger partial charge is 0.389 e. The van der Waals surface area contributed by atoms with Crippen LogP contribution in [0.1, 0.15) is 30.9 Å². The van der Waals surface area contributed by atoms with Gasteiger partial charge in [0.1, 0.15) is 0 Å². The van der Waals surface area contributed by atoms with Crippen LogP contribution in [0.3, 0.4) is 0 Å². The number of unbranched alkanes of at least 4 members (excludes halogenated alkanes) is 1. The molecule has 0 radical (unpaired) electrons. The molecule has 1 aliphatic rings. The van der Waals surface area contributed by atoms with E-state index in [1.807, 2.05) is 0 Å². The minimum Gasteiger partial charge on any atom is -0.389 e. The third kappa shape index (κ3) is 4.60. The van der Waals surface area contributed by atoms with Crippen molar-refractivity contribution in [1.82, 2.24) is 4.90 Å². The van der Waals surface area contributed by atoms with E-state index in [-0.39, 0.29) is 6.10 Å². The highest BCUT2D eigenvalue weighted by Crippen LogP contribution is 2.18. The number of β-amino-alcohol motifs (C(OH)–C–C–N with tert-alkyl or cyclic N) is 1. The summed E-state index contributed by atoms with van der Waals surface area (Å²) in [5.74, 6) is 0. The van der Waals surface area contributed by atoms with Gasteiger partial charge in [-0.25, -0.2) is 0 Å². The summed E-state index contributed by atoms with van der Waals surface area (Å²) in [5.41, 5.74) is 2.85. The molecule has 0 saturated carbocycles. The van der Waals surface area contributed by atoms with E-state index in [0.717, 1.165) is 39.0 Å². The van der Waals surface area contributed by atoms with Crippen molar-refractivity contribution in [2.24, 2.45) is 0 Å². The van der Waals surface area contributed by atoms with Gasteiger partial charge in [-0.2, -0.15) is 0 Å². The fourth-order valence-corrected chi connectivity index (χ4v) is 2.53. The third-order valence-electron chi connectivity index (χ3n) is 3.63. The van der Waals surface area contributed by atoms with E-state index in [4.69, 9.17) is 4.74 Å². The summed E-state index contributed by atoms with van der Waals surface area (Å²) in [6.45, 7) is 6.05. The number of benzene rings is 1. The van der Waals surface area contributed by atoms with Gasteiger partial charge in [-0.3, -0.25) is 4.90 Å². The van der Waals surface area contributed by atoms with Crippen molar-refractivity contribution in [2.45, 2.75) is 38.8 Å². The first kappa shape index (κ1) is 14.5. The standard InChI is InChI=1S/C16H25NO2/c1-2-3-10-19-13-16(18)12-17-9-8-14-6-4-5-7-15(14)11-17/h4-7,16,18H,2-3,8-13H2,1H3. The Morgan fingerprint density at radius 2 is 2.11 bits per heavy atom. The predicted octanol–water partition coefficient (Wildman–Crippen LogP) is 2.22. The Labute approximate surface area is 116 Å². The number of hydrogen-bond acceptors (Lipinski definition) is 3. The molecular weight excluding hydrogens is 238 g/mol. The number of ether oxygens (including phenoxy) is 1. The topological polar surface area (TPSA) is 32.7 Å². The Morgan fingerprint density at radius 1 is 1.32 bits per heavy atom. The second-order valence-corrected chi connectivity index (χ2v) is 5.34. The van der Waals surface area contributed by atoms with Crippen LogP contribution in [0.15, 0.2) is 24.3 Å². The maximum atomic E-state index is 9.98. The Morgan fingerprint density at radius 3 is 2.89 bits per heavy atom. The molecule has 1 aliphatic heterocycles. The van der Waals surface area contributed by atoms with Crippen LogP contribution < -0.4 is 0 Å². The average Bonchev–Trinajstić information content (AvgIpc) is 2.43. The first-order chi connectivity index (χ1) is 9.29. The second-order valence-electron chi connectivity index (χ2n) is 5.34. The molecule has 1 unspecified atom stereocenters. The quantitative estimate of drug-likeness (QED) is 0.766. The molecule has 0 amide bonds. The molecule has 0 fully saturated rings. The Kier molecular flexibility index (Phi) is 5.83. The number of nitrogens with zero attached hydrogens (tertiary/aromatic N) is 1. The van der Waals surface area contributed by atoms with Crippen LogP contribution in [0, 0.1) is 0 Å². The van der Waals surface area contributed by atoms with E-state index >= 15 is 0 Å². The molecule has 1 aromatic rings. The summed E-state index contributed by atoms with van der Waals surface area (Å²) in [4.78, 5) is 2.32. The van der Waals surface area contributed by atoms with Crippen molar-refractivity contribution in [3.8, 4) is 0 Å². The van der Waals surface area contributed by atoms with Gasteiger partial charge in [0.05, 0.1) is 12.7 Å². The van der Waals surface area contributed by atoms with Crippen molar-refractivity contribution < 1.29 is 9.84 Å². The zero-order valence-electron chi connectivity index (χ0n) is 11.8. The highest BCUT2D eigenvalue weighted by atomic mass is 16.5. The minimum atomic E-state index is -0.373. The second kappa shape index (κ2) is 7.63. The van der Waals surface area contributed by atoms with E-state index < -0.39 is 0 Å². The number of fused-ring (bicyclic) bond motifs is 1. The number of rotatable bonds is 7. The van der Waals surface area contributed by atoms with E-state index in [9.17, 15) is 5.11 Å². The molecule has 19 heavy (non-hydrogen) atoms. The van der Waals surface area contributed by atoms with E-state index in [1.54, 1.807) is 0 Å². The maximum Gasteiger partial charge on any atom is 0.0900 e. The lowest BCUT2D eigenvalue weighted by Gasteiger charge is -2.30. The van der Waals surface area contributed by atoms with Crippen LogP contribution >= 0.6 is 0 Å². The fourth-order valence-electron chi connectivity index (χ4n) is 2.53. The van der Waals surface area contributed by atoms with Gasteiger partial charge in [0.15, 0.2) is 0 Å². The van der Waals surface area contributed by atoms with Crippen molar-refractivity contribution in [3.63, 3.8) is 0 Å². The molecular formula is C16H25NO2. The molecule has 2 rings (SSSR count). The molecule has 1 aromatic carbocycles. The molecule has 1 N–H and O–H groups in total. The summed E-state index contributed by atoms with van der Waals surface area (Å²) >= 11 is 0. The van der Waals surface area contributed by atoms with Gasteiger partial charge in [0.25, 0.3) is 0 Å². The normalized spacial score (nSPS) is 17.2. The lowest BCUT2D eigenvalue weighted by Crippen LogP contribution is -2.38. The SMILES string of the molecule is CCCCOCC(O)CN1CCc2ccccc2C1. The van der Waals surface area contributed by atoms with Crippen molar-refractivity contribution in [2.75, 3.05) is 26.3 Å². The monoisotopic (exact) mass is 263 g/mol. The molecule has 0 bridgehead atoms. The van der Waals surface area contributed by atoms with Crippen LogP contribution in [0.25, 0.3) is 0 Å². The van der Waals surface area contributed by atoms with Crippen molar-refractivity contribution >= 4 is 0 Å². The Balaban J connectivity index is 1.72. The lowest BCUT2D eigenvalue weighted by molar-refractivity contribution is 0.0135. The van der Waals surface area contributed by atoms with Crippen molar-refractivity contribution in [1.29, 1.82) is 0 Å². The summed E-state index contributed by atoms with van der Waals surface area (Å²) in [7, 11) is 0. The molecule has 0 saturated heterocycles. The van der Waals surface area contributed by atoms with Gasteiger partial charge >= 0.3 is 0 Å². The zero-order valence-corrected chi connectivity index (χ0v) is 11.8. The lowest BCUT2D eigenvalue weighted by atomic mass is 10.00. The molecule has 106 valence electrons. The Bertz CT molecular complexity index is 381. The van der Waals surface area contributed by atoms with Crippen LogP contribution in [-0.2, 0) is 17.7 Å². The van der Waals surface area contributed by atoms with Gasteiger partial charge in [-0.15, -0.1) is 0 Å². The first-order valence-electron chi connectivity index (χ1n) is 7.34. The average molecular weight is 263 g/mol. The summed E-state index contributed by atoms with van der Waals surface area (Å²) in [6, 6.07) is 8.58. The number of aliphatic hydroxyl groups is 1. The predicted molar refractivity (Wildman–Crippen MR) is 77.2 cm³/mol. The summed E-state index contributed by atoms with van der Waals surface area (Å²) in [6.07, 6.45) is 2.92. The minimum absolute atomic E-state index is 0.373. The smallest absolute Gasteiger partial charge is 0.0900 e. The van der Waals surface area contributed by atoms with Gasteiger partial charge in [0.2, 0.25) is 0 Å². The zero-order chi connectivity index (χ0) is 13.5. The molecule has 3 heteroatoms. The van der Waals surface area contributed by atoms with Crippen molar-refractivity contribution in [3.05, 3.63) is 35.4 Å². The van der Waals surface area contributed by atoms with Crippen LogP contribution in [-0.4, -0.2) is 42.4 Å². The molecule has 0 aliphatic carbocycles. The molecule has 0 aromatic heterocycles. The fraction of sp³-hybridized carbons (Fsp3) is 0.625. The third-order valence-corrected chi connectivity index (χ3v) is 3.63. The summed E-state index contributed by atoms with van der Waals surface area (Å²) in [5, 5.41) is 9.98. The maximum absolute atomic E-state index is 9.98. The van der Waals surface area contributed by atoms with Gasteiger partial charge in [-0.05, 0) is 24.0 Å². The van der Waals surface area contributed by atoms with E-state index in [1.165, 1.54) is 11.1 Å². The number of hydrogen-bond donors (Lipinski definition) is 1. The van der Waals surface area contributed by atoms with Gasteiger partial charge in [0, 0.05) is 26.2 Å². The Hall–Kier alpha value is -0.900. The van der Waals surface area contributed by atoms with Crippen LogP contribution in [0.5, 0.6) is 0 Å². The molecule has 0 spiro atoms. The van der Waals surface area contributed by atoms with Crippen LogP contribution in [0.4, 0.5) is 0 Å². The van der Waals surface area contributed by atoms with E-state index in [2.05, 4.69) is 36.1 Å².